The Kier molecular flexibility index (Phi) is 4.46. The number of para-hydroxylation sites is 1. The minimum absolute atomic E-state index is 0.0945. The molecule has 7 heteroatoms. The van der Waals surface area contributed by atoms with Gasteiger partial charge in [0.2, 0.25) is 0 Å². The minimum Gasteiger partial charge on any atom is -0.296 e. The lowest BCUT2D eigenvalue weighted by Gasteiger charge is -2.08. The molecule has 0 amide bonds. The Hall–Kier alpha value is -2.51. The molecule has 0 bridgehead atoms. The Balaban J connectivity index is 1.73. The summed E-state index contributed by atoms with van der Waals surface area (Å²) in [6.07, 6.45) is 1.40. The van der Waals surface area contributed by atoms with E-state index in [1.807, 2.05) is 6.92 Å². The third-order valence-corrected chi connectivity index (χ3v) is 4.94. The average Bonchev–Trinajstić information content (AvgIpc) is 2.57. The van der Waals surface area contributed by atoms with Crippen LogP contribution in [0, 0.1) is 6.92 Å². The molecule has 0 unspecified atom stereocenters. The van der Waals surface area contributed by atoms with Crippen LogP contribution in [0.1, 0.15) is 5.56 Å². The van der Waals surface area contributed by atoms with Crippen LogP contribution in [-0.2, 0) is 20.8 Å². The molecule has 1 aromatic heterocycles. The first-order valence-electron chi connectivity index (χ1n) is 7.38. The van der Waals surface area contributed by atoms with Crippen LogP contribution in [0.3, 0.4) is 0 Å². The zero-order valence-electron chi connectivity index (χ0n) is 13.0. The number of benzene rings is 2. The molecule has 3 aromatic rings. The van der Waals surface area contributed by atoms with E-state index in [1.54, 1.807) is 36.4 Å². The van der Waals surface area contributed by atoms with Gasteiger partial charge >= 0.3 is 0 Å². The van der Waals surface area contributed by atoms with E-state index >= 15 is 0 Å². The van der Waals surface area contributed by atoms with E-state index in [-0.39, 0.29) is 23.6 Å². The Morgan fingerprint density at radius 1 is 1.08 bits per heavy atom. The Labute approximate surface area is 139 Å². The largest absolute Gasteiger partial charge is 0.297 e. The number of aromatic nitrogens is 2. The molecule has 6 nitrogen and oxygen atoms in total. The Bertz CT molecular complexity index is 1020. The summed E-state index contributed by atoms with van der Waals surface area (Å²) in [4.78, 5) is 16.6. The maximum absolute atomic E-state index is 12.3. The van der Waals surface area contributed by atoms with Gasteiger partial charge in [0.05, 0.1) is 35.3 Å². The molecule has 2 aromatic carbocycles. The van der Waals surface area contributed by atoms with Crippen LogP contribution in [-0.4, -0.2) is 24.6 Å². The molecule has 0 spiro atoms. The molecule has 1 heterocycles. The summed E-state index contributed by atoms with van der Waals surface area (Å²) < 4.78 is 30.6. The summed E-state index contributed by atoms with van der Waals surface area (Å²) in [5.41, 5.74) is 1.34. The minimum atomic E-state index is -3.84. The predicted molar refractivity (Wildman–Crippen MR) is 90.3 cm³/mol. The molecule has 0 fully saturated rings. The predicted octanol–water partition coefficient (Wildman–Crippen LogP) is 2.11. The van der Waals surface area contributed by atoms with Gasteiger partial charge in [-0.2, -0.15) is 8.42 Å². The van der Waals surface area contributed by atoms with Crippen LogP contribution in [0.25, 0.3) is 10.9 Å². The van der Waals surface area contributed by atoms with Crippen molar-refractivity contribution in [2.75, 3.05) is 6.61 Å². The summed E-state index contributed by atoms with van der Waals surface area (Å²) in [6.45, 7) is 1.83. The zero-order chi connectivity index (χ0) is 17.2. The first-order chi connectivity index (χ1) is 11.5. The number of aryl methyl sites for hydroxylation is 1. The fraction of sp³-hybridized carbons (Fsp3) is 0.176. The van der Waals surface area contributed by atoms with Crippen molar-refractivity contribution < 1.29 is 12.6 Å². The number of hydrogen-bond donors (Lipinski definition) is 0. The third kappa shape index (κ3) is 3.37. The molecule has 0 saturated carbocycles. The molecule has 0 N–H and O–H groups in total. The van der Waals surface area contributed by atoms with Crippen molar-refractivity contribution in [2.24, 2.45) is 0 Å². The monoisotopic (exact) mass is 344 g/mol. The molecule has 0 atom stereocenters. The highest BCUT2D eigenvalue weighted by atomic mass is 32.2. The van der Waals surface area contributed by atoms with Crippen molar-refractivity contribution >= 4 is 21.0 Å². The molecule has 124 valence electrons. The zero-order valence-corrected chi connectivity index (χ0v) is 13.9. The van der Waals surface area contributed by atoms with E-state index in [1.165, 1.54) is 23.0 Å². The maximum Gasteiger partial charge on any atom is 0.297 e. The molecular formula is C17H16N2O4S. The van der Waals surface area contributed by atoms with Gasteiger partial charge in [-0.3, -0.25) is 13.5 Å². The topological polar surface area (TPSA) is 78.3 Å². The third-order valence-electron chi connectivity index (χ3n) is 3.61. The van der Waals surface area contributed by atoms with Gasteiger partial charge in [-0.1, -0.05) is 29.8 Å². The van der Waals surface area contributed by atoms with Gasteiger partial charge < -0.3 is 0 Å². The summed E-state index contributed by atoms with van der Waals surface area (Å²) in [6, 6.07) is 13.4. The summed E-state index contributed by atoms with van der Waals surface area (Å²) in [7, 11) is -3.84. The van der Waals surface area contributed by atoms with Gasteiger partial charge in [-0.25, -0.2) is 4.98 Å². The SMILES string of the molecule is Cc1ccc(S(=O)(=O)OCCn2cnc3ccccc3c2=O)cc1. The Morgan fingerprint density at radius 2 is 1.79 bits per heavy atom. The molecule has 24 heavy (non-hydrogen) atoms. The van der Waals surface area contributed by atoms with Gasteiger partial charge in [0.1, 0.15) is 0 Å². The summed E-state index contributed by atoms with van der Waals surface area (Å²) >= 11 is 0. The van der Waals surface area contributed by atoms with Gasteiger partial charge in [-0.15, -0.1) is 0 Å². The Morgan fingerprint density at radius 3 is 2.54 bits per heavy atom. The van der Waals surface area contributed by atoms with E-state index in [9.17, 15) is 13.2 Å². The van der Waals surface area contributed by atoms with Gasteiger partial charge in [0, 0.05) is 0 Å². The van der Waals surface area contributed by atoms with Crippen LogP contribution >= 0.6 is 0 Å². The fourth-order valence-electron chi connectivity index (χ4n) is 2.28. The molecule has 0 saturated heterocycles. The van der Waals surface area contributed by atoms with Gasteiger partial charge in [-0.05, 0) is 31.2 Å². The maximum atomic E-state index is 12.3. The van der Waals surface area contributed by atoms with Crippen molar-refractivity contribution in [3.63, 3.8) is 0 Å². The number of fused-ring (bicyclic) bond motifs is 1. The molecule has 0 aliphatic rings. The standard InChI is InChI=1S/C17H16N2O4S/c1-13-6-8-14(9-7-13)24(21,22)23-11-10-19-12-18-16-5-3-2-4-15(16)17(19)20/h2-9,12H,10-11H2,1H3. The fourth-order valence-corrected chi connectivity index (χ4v) is 3.18. The van der Waals surface area contributed by atoms with E-state index in [0.29, 0.717) is 10.9 Å². The first kappa shape index (κ1) is 16.4. The van der Waals surface area contributed by atoms with Crippen LogP contribution in [0.4, 0.5) is 0 Å². The van der Waals surface area contributed by atoms with Crippen molar-refractivity contribution in [3.8, 4) is 0 Å². The smallest absolute Gasteiger partial charge is 0.296 e. The molecule has 0 radical (unpaired) electrons. The lowest BCUT2D eigenvalue weighted by Crippen LogP contribution is -2.23. The van der Waals surface area contributed by atoms with Crippen molar-refractivity contribution in [1.29, 1.82) is 0 Å². The second-order valence-electron chi connectivity index (χ2n) is 5.35. The lowest BCUT2D eigenvalue weighted by atomic mass is 10.2. The molecule has 0 aliphatic carbocycles. The highest BCUT2D eigenvalue weighted by Crippen LogP contribution is 2.13. The van der Waals surface area contributed by atoms with Crippen LogP contribution in [0.5, 0.6) is 0 Å². The first-order valence-corrected chi connectivity index (χ1v) is 8.78. The average molecular weight is 344 g/mol. The lowest BCUT2D eigenvalue weighted by molar-refractivity contribution is 0.298. The second-order valence-corrected chi connectivity index (χ2v) is 6.96. The van der Waals surface area contributed by atoms with Crippen LogP contribution in [0.2, 0.25) is 0 Å². The molecular weight excluding hydrogens is 328 g/mol. The van der Waals surface area contributed by atoms with Crippen molar-refractivity contribution in [3.05, 3.63) is 70.8 Å². The van der Waals surface area contributed by atoms with Gasteiger partial charge in [0.15, 0.2) is 0 Å². The van der Waals surface area contributed by atoms with Gasteiger partial charge in [0.25, 0.3) is 15.7 Å². The highest BCUT2D eigenvalue weighted by Gasteiger charge is 2.15. The van der Waals surface area contributed by atoms with Crippen LogP contribution < -0.4 is 5.56 Å². The summed E-state index contributed by atoms with van der Waals surface area (Å²) in [5, 5.41) is 0.487. The molecule has 3 rings (SSSR count). The highest BCUT2D eigenvalue weighted by molar-refractivity contribution is 7.86. The quantitative estimate of drug-likeness (QED) is 0.663. The number of rotatable bonds is 5. The van der Waals surface area contributed by atoms with Crippen molar-refractivity contribution in [1.82, 2.24) is 9.55 Å². The number of nitrogens with zero attached hydrogens (tertiary/aromatic N) is 2. The van der Waals surface area contributed by atoms with E-state index in [0.717, 1.165) is 5.56 Å². The molecule has 0 aliphatic heterocycles. The summed E-state index contributed by atoms with van der Waals surface area (Å²) in [5.74, 6) is 0. The van der Waals surface area contributed by atoms with E-state index in [2.05, 4.69) is 4.98 Å². The van der Waals surface area contributed by atoms with Crippen LogP contribution in [0.15, 0.2) is 64.5 Å². The van der Waals surface area contributed by atoms with E-state index in [4.69, 9.17) is 4.18 Å². The second kappa shape index (κ2) is 6.54. The normalized spacial score (nSPS) is 11.7. The van der Waals surface area contributed by atoms with Crippen molar-refractivity contribution in [2.45, 2.75) is 18.4 Å². The van der Waals surface area contributed by atoms with E-state index < -0.39 is 10.1 Å². The number of hydrogen-bond acceptors (Lipinski definition) is 5.